The van der Waals surface area contributed by atoms with Crippen molar-refractivity contribution in [1.82, 2.24) is 10.2 Å². The fourth-order valence-electron chi connectivity index (χ4n) is 4.46. The van der Waals surface area contributed by atoms with Gasteiger partial charge in [-0.1, -0.05) is 0 Å². The van der Waals surface area contributed by atoms with Gasteiger partial charge in [-0.15, -0.1) is 0 Å². The number of amides is 1. The number of ether oxygens (including phenoxy) is 1. The van der Waals surface area contributed by atoms with Gasteiger partial charge in [0.25, 0.3) is 0 Å². The number of fused-ring (bicyclic) bond motifs is 2. The summed E-state index contributed by atoms with van der Waals surface area (Å²) in [6.45, 7) is 2.76. The van der Waals surface area contributed by atoms with Crippen LogP contribution in [-0.4, -0.2) is 42.0 Å². The summed E-state index contributed by atoms with van der Waals surface area (Å²) in [6.07, 6.45) is 5.23. The number of nitrogens with one attached hydrogen (secondary N) is 1. The van der Waals surface area contributed by atoms with Crippen LogP contribution < -0.4 is 5.32 Å². The van der Waals surface area contributed by atoms with Crippen molar-refractivity contribution in [3.63, 3.8) is 0 Å². The van der Waals surface area contributed by atoms with E-state index >= 15 is 0 Å². The van der Waals surface area contributed by atoms with Crippen LogP contribution in [0.1, 0.15) is 39.0 Å². The van der Waals surface area contributed by atoms with Crippen LogP contribution in [0.15, 0.2) is 11.3 Å². The first-order chi connectivity index (χ1) is 9.59. The number of nitrogens with zero attached hydrogens (tertiary/aromatic N) is 1. The summed E-state index contributed by atoms with van der Waals surface area (Å²) in [5.74, 6) is -0.0531. The van der Waals surface area contributed by atoms with E-state index in [-0.39, 0.29) is 23.9 Å². The van der Waals surface area contributed by atoms with Gasteiger partial charge in [-0.2, -0.15) is 0 Å². The summed E-state index contributed by atoms with van der Waals surface area (Å²) in [6, 6.07) is 1.02. The summed E-state index contributed by atoms with van der Waals surface area (Å²) in [7, 11) is 0. The Kier molecular flexibility index (Phi) is 2.52. The van der Waals surface area contributed by atoms with Crippen molar-refractivity contribution in [3.8, 4) is 0 Å². The van der Waals surface area contributed by atoms with Gasteiger partial charge in [0.1, 0.15) is 6.61 Å². The molecule has 20 heavy (non-hydrogen) atoms. The maximum Gasteiger partial charge on any atom is 0.336 e. The molecule has 3 saturated heterocycles. The van der Waals surface area contributed by atoms with Crippen LogP contribution >= 0.6 is 0 Å². The number of piperidine rings is 1. The fraction of sp³-hybridized carbons (Fsp3) is 0.733. The second kappa shape index (κ2) is 4.07. The van der Waals surface area contributed by atoms with Gasteiger partial charge >= 0.3 is 5.97 Å². The average Bonchev–Trinajstić information content (AvgIpc) is 3.03. The third kappa shape index (κ3) is 1.59. The number of carbonyl (C=O) groups excluding carboxylic acids is 2. The van der Waals surface area contributed by atoms with Gasteiger partial charge in [0.2, 0.25) is 5.91 Å². The van der Waals surface area contributed by atoms with Crippen molar-refractivity contribution >= 4 is 11.9 Å². The highest BCUT2D eigenvalue weighted by atomic mass is 16.5. The van der Waals surface area contributed by atoms with Crippen LogP contribution in [0.5, 0.6) is 0 Å². The Morgan fingerprint density at radius 1 is 1.25 bits per heavy atom. The van der Waals surface area contributed by atoms with Gasteiger partial charge in [0.05, 0.1) is 16.7 Å². The zero-order valence-corrected chi connectivity index (χ0v) is 11.8. The molecule has 2 bridgehead atoms. The molecule has 0 aliphatic carbocycles. The number of cyclic esters (lactones) is 1. The topological polar surface area (TPSA) is 58.6 Å². The van der Waals surface area contributed by atoms with Crippen molar-refractivity contribution < 1.29 is 14.3 Å². The van der Waals surface area contributed by atoms with Crippen molar-refractivity contribution in [2.45, 2.75) is 51.1 Å². The Morgan fingerprint density at radius 2 is 1.95 bits per heavy atom. The Hall–Kier alpha value is -1.36. The SMILES string of the molecule is CC1=C(N2CC[C@]3(C[C@H]4CC[C@@H](C3)N4)C2=O)COC1=O. The zero-order valence-electron chi connectivity index (χ0n) is 11.8. The lowest BCUT2D eigenvalue weighted by Gasteiger charge is -2.36. The minimum atomic E-state index is -0.279. The van der Waals surface area contributed by atoms with Crippen molar-refractivity contribution in [2.24, 2.45) is 5.41 Å². The van der Waals surface area contributed by atoms with E-state index in [4.69, 9.17) is 4.74 Å². The van der Waals surface area contributed by atoms with Crippen LogP contribution in [0.3, 0.4) is 0 Å². The normalized spacial score (nSPS) is 40.1. The Morgan fingerprint density at radius 3 is 2.55 bits per heavy atom. The number of esters is 1. The number of carbonyl (C=O) groups is 2. The molecule has 5 nitrogen and oxygen atoms in total. The minimum absolute atomic E-state index is 0.185. The summed E-state index contributed by atoms with van der Waals surface area (Å²) < 4.78 is 5.05. The van der Waals surface area contributed by atoms with E-state index in [2.05, 4.69) is 5.32 Å². The number of rotatable bonds is 1. The molecule has 1 amide bonds. The minimum Gasteiger partial charge on any atom is -0.456 e. The van der Waals surface area contributed by atoms with E-state index in [1.807, 2.05) is 4.90 Å². The van der Waals surface area contributed by atoms with Crippen molar-refractivity contribution in [1.29, 1.82) is 0 Å². The maximum absolute atomic E-state index is 12.9. The summed E-state index contributed by atoms with van der Waals surface area (Å²) in [4.78, 5) is 26.3. The van der Waals surface area contributed by atoms with Crippen molar-refractivity contribution in [3.05, 3.63) is 11.3 Å². The molecule has 4 rings (SSSR count). The molecule has 0 aromatic carbocycles. The van der Waals surface area contributed by atoms with Gasteiger partial charge in [0.15, 0.2) is 0 Å². The quantitative estimate of drug-likeness (QED) is 0.724. The van der Waals surface area contributed by atoms with E-state index < -0.39 is 0 Å². The second-order valence-corrected chi connectivity index (χ2v) is 6.68. The predicted molar refractivity (Wildman–Crippen MR) is 71.6 cm³/mol. The lowest BCUT2D eigenvalue weighted by atomic mass is 9.74. The molecule has 4 aliphatic heterocycles. The molecule has 0 saturated carbocycles. The van der Waals surface area contributed by atoms with E-state index in [0.717, 1.165) is 31.5 Å². The molecule has 4 aliphatic rings. The molecule has 108 valence electrons. The molecule has 1 spiro atoms. The summed E-state index contributed by atoms with van der Waals surface area (Å²) in [5, 5.41) is 3.60. The molecule has 0 radical (unpaired) electrons. The molecule has 1 N–H and O–H groups in total. The highest BCUT2D eigenvalue weighted by Gasteiger charge is 2.54. The predicted octanol–water partition coefficient (Wildman–Crippen LogP) is 0.950. The van der Waals surface area contributed by atoms with Gasteiger partial charge in [0, 0.05) is 18.6 Å². The fourth-order valence-corrected chi connectivity index (χ4v) is 4.46. The van der Waals surface area contributed by atoms with Gasteiger partial charge in [-0.3, -0.25) is 4.79 Å². The average molecular weight is 276 g/mol. The lowest BCUT2D eigenvalue weighted by Crippen LogP contribution is -2.48. The van der Waals surface area contributed by atoms with Gasteiger partial charge in [-0.05, 0) is 39.0 Å². The van der Waals surface area contributed by atoms with E-state index in [0.29, 0.717) is 17.7 Å². The Balaban J connectivity index is 1.62. The van der Waals surface area contributed by atoms with Crippen LogP contribution in [-0.2, 0) is 14.3 Å². The first-order valence-corrected chi connectivity index (χ1v) is 7.54. The van der Waals surface area contributed by atoms with Crippen LogP contribution in [0.4, 0.5) is 0 Å². The maximum atomic E-state index is 12.9. The molecule has 3 fully saturated rings. The second-order valence-electron chi connectivity index (χ2n) is 6.68. The Bertz CT molecular complexity index is 513. The third-order valence-electron chi connectivity index (χ3n) is 5.53. The van der Waals surface area contributed by atoms with Crippen molar-refractivity contribution in [2.75, 3.05) is 13.2 Å². The molecule has 3 atom stereocenters. The molecule has 5 heteroatoms. The third-order valence-corrected chi connectivity index (χ3v) is 5.53. The smallest absolute Gasteiger partial charge is 0.336 e. The molecule has 0 unspecified atom stereocenters. The Labute approximate surface area is 118 Å². The van der Waals surface area contributed by atoms with Gasteiger partial charge < -0.3 is 15.0 Å². The molecule has 0 aromatic rings. The highest BCUT2D eigenvalue weighted by Crippen LogP contribution is 2.48. The van der Waals surface area contributed by atoms with Crippen LogP contribution in [0.2, 0.25) is 0 Å². The molecule has 4 heterocycles. The van der Waals surface area contributed by atoms with Crippen LogP contribution in [0.25, 0.3) is 0 Å². The largest absolute Gasteiger partial charge is 0.456 e. The monoisotopic (exact) mass is 276 g/mol. The molecular formula is C15H20N2O3. The van der Waals surface area contributed by atoms with E-state index in [1.54, 1.807) is 6.92 Å². The number of likely N-dealkylation sites (tertiary alicyclic amines) is 1. The van der Waals surface area contributed by atoms with E-state index in [9.17, 15) is 9.59 Å². The molecule has 0 aromatic heterocycles. The summed E-state index contributed by atoms with van der Waals surface area (Å²) in [5.41, 5.74) is 1.21. The standard InChI is InChI=1S/C15H20N2O3/c1-9-12(8-20-13(9)18)17-5-4-15(14(17)19)6-10-2-3-11(7-15)16-10/h10-11,16H,2-8H2,1H3/t10-,11+,15-. The number of hydrogen-bond acceptors (Lipinski definition) is 4. The van der Waals surface area contributed by atoms with Crippen LogP contribution in [0, 0.1) is 5.41 Å². The first-order valence-electron chi connectivity index (χ1n) is 7.54. The zero-order chi connectivity index (χ0) is 13.9. The number of hydrogen-bond donors (Lipinski definition) is 1. The van der Waals surface area contributed by atoms with E-state index in [1.165, 1.54) is 12.8 Å². The molecular weight excluding hydrogens is 256 g/mol. The summed E-state index contributed by atoms with van der Waals surface area (Å²) >= 11 is 0. The lowest BCUT2D eigenvalue weighted by molar-refractivity contribution is -0.138. The highest BCUT2D eigenvalue weighted by molar-refractivity contribution is 5.94. The first kappa shape index (κ1) is 12.4. The van der Waals surface area contributed by atoms with Gasteiger partial charge in [-0.25, -0.2) is 4.79 Å².